The number of unbranched alkanes of at least 4 members (excludes halogenated alkanes) is 36. The van der Waals surface area contributed by atoms with Gasteiger partial charge in [0, 0.05) is 19.3 Å². The first-order valence-corrected chi connectivity index (χ1v) is 28.2. The quantitative estimate of drug-likeness (QED) is 0.0344. The minimum Gasteiger partial charge on any atom is -0.462 e. The number of esters is 3. The van der Waals surface area contributed by atoms with Crippen molar-refractivity contribution in [3.8, 4) is 0 Å². The van der Waals surface area contributed by atoms with Crippen molar-refractivity contribution in [2.75, 3.05) is 13.2 Å². The van der Waals surface area contributed by atoms with E-state index in [2.05, 4.69) is 34.6 Å². The number of hydrogen-bond acceptors (Lipinski definition) is 6. The number of carbonyl (C=O) groups is 3. The molecular formula is C57H110O6. The van der Waals surface area contributed by atoms with Gasteiger partial charge in [0.2, 0.25) is 0 Å². The molecule has 0 aliphatic carbocycles. The predicted octanol–water partition coefficient (Wildman–Crippen LogP) is 18.5. The van der Waals surface area contributed by atoms with Crippen LogP contribution in [0.5, 0.6) is 0 Å². The van der Waals surface area contributed by atoms with E-state index in [9.17, 15) is 14.4 Å². The first-order valence-electron chi connectivity index (χ1n) is 28.2. The minimum absolute atomic E-state index is 0.0628. The Bertz CT molecular complexity index is 962. The van der Waals surface area contributed by atoms with E-state index in [1.807, 2.05) is 0 Å². The normalized spacial score (nSPS) is 12.0. The van der Waals surface area contributed by atoms with Gasteiger partial charge in [0.25, 0.3) is 0 Å². The Hall–Kier alpha value is -1.59. The summed E-state index contributed by atoms with van der Waals surface area (Å²) in [6, 6.07) is 0. The molecule has 0 rings (SSSR count). The topological polar surface area (TPSA) is 78.9 Å². The van der Waals surface area contributed by atoms with Gasteiger partial charge >= 0.3 is 17.9 Å². The fourth-order valence-electron chi connectivity index (χ4n) is 8.70. The van der Waals surface area contributed by atoms with Gasteiger partial charge in [-0.15, -0.1) is 0 Å². The van der Waals surface area contributed by atoms with Crippen molar-refractivity contribution in [1.29, 1.82) is 0 Å². The Labute approximate surface area is 393 Å². The van der Waals surface area contributed by atoms with Crippen LogP contribution in [0.15, 0.2) is 0 Å². The Morgan fingerprint density at radius 2 is 0.524 bits per heavy atom. The highest BCUT2D eigenvalue weighted by atomic mass is 16.6. The van der Waals surface area contributed by atoms with Crippen LogP contribution in [0.25, 0.3) is 0 Å². The van der Waals surface area contributed by atoms with Gasteiger partial charge in [-0.3, -0.25) is 14.4 Å². The van der Waals surface area contributed by atoms with Gasteiger partial charge in [-0.2, -0.15) is 0 Å². The zero-order valence-electron chi connectivity index (χ0n) is 43.2. The summed E-state index contributed by atoms with van der Waals surface area (Å²) >= 11 is 0. The van der Waals surface area contributed by atoms with Crippen LogP contribution >= 0.6 is 0 Å². The molecule has 6 nitrogen and oxygen atoms in total. The van der Waals surface area contributed by atoms with E-state index in [0.29, 0.717) is 19.3 Å². The van der Waals surface area contributed by atoms with Crippen molar-refractivity contribution in [1.82, 2.24) is 0 Å². The van der Waals surface area contributed by atoms with Crippen molar-refractivity contribution in [2.24, 2.45) is 11.8 Å². The van der Waals surface area contributed by atoms with Crippen LogP contribution < -0.4 is 0 Å². The van der Waals surface area contributed by atoms with E-state index < -0.39 is 6.10 Å². The Balaban J connectivity index is 4.29. The molecule has 1 atom stereocenters. The first-order chi connectivity index (χ1) is 30.7. The molecule has 0 aromatic carbocycles. The second-order valence-corrected chi connectivity index (χ2v) is 20.5. The van der Waals surface area contributed by atoms with Crippen molar-refractivity contribution < 1.29 is 28.6 Å². The SMILES string of the molecule is CCCCCCCCCCCCCCCC(=O)OC[C@H](COC(=O)CCCCCCCCCCCCCC(C)C)OC(=O)CCCCCCCCCCCCCCCCCC(C)C. The highest BCUT2D eigenvalue weighted by molar-refractivity contribution is 5.71. The maximum atomic E-state index is 12.8. The molecule has 0 saturated heterocycles. The van der Waals surface area contributed by atoms with Crippen LogP contribution in [0.4, 0.5) is 0 Å². The highest BCUT2D eigenvalue weighted by Gasteiger charge is 2.19. The van der Waals surface area contributed by atoms with E-state index in [-0.39, 0.29) is 31.1 Å². The zero-order chi connectivity index (χ0) is 46.1. The molecule has 0 amide bonds. The minimum atomic E-state index is -0.762. The molecule has 0 N–H and O–H groups in total. The number of hydrogen-bond donors (Lipinski definition) is 0. The molecule has 0 unspecified atom stereocenters. The van der Waals surface area contributed by atoms with E-state index >= 15 is 0 Å². The Morgan fingerprint density at radius 1 is 0.302 bits per heavy atom. The molecule has 0 spiro atoms. The number of carbonyl (C=O) groups excluding carboxylic acids is 3. The molecule has 0 aromatic heterocycles. The molecule has 0 radical (unpaired) electrons. The van der Waals surface area contributed by atoms with Crippen LogP contribution in [0.2, 0.25) is 0 Å². The average molecular weight is 892 g/mol. The Morgan fingerprint density at radius 3 is 0.778 bits per heavy atom. The summed E-state index contributed by atoms with van der Waals surface area (Å²) < 4.78 is 16.9. The fraction of sp³-hybridized carbons (Fsp3) is 0.947. The summed E-state index contributed by atoms with van der Waals surface area (Å²) in [7, 11) is 0. The monoisotopic (exact) mass is 891 g/mol. The van der Waals surface area contributed by atoms with Crippen LogP contribution in [0.3, 0.4) is 0 Å². The van der Waals surface area contributed by atoms with Gasteiger partial charge in [0.1, 0.15) is 13.2 Å². The molecule has 0 heterocycles. The molecule has 0 aliphatic heterocycles. The molecule has 0 aliphatic rings. The van der Waals surface area contributed by atoms with Gasteiger partial charge < -0.3 is 14.2 Å². The maximum Gasteiger partial charge on any atom is 0.306 e. The summed E-state index contributed by atoms with van der Waals surface area (Å²) in [6.07, 6.45) is 52.3. The lowest BCUT2D eigenvalue weighted by molar-refractivity contribution is -0.167. The van der Waals surface area contributed by atoms with E-state index in [1.165, 1.54) is 205 Å². The van der Waals surface area contributed by atoms with Crippen molar-refractivity contribution in [2.45, 2.75) is 323 Å². The summed E-state index contributed by atoms with van der Waals surface area (Å²) in [5.41, 5.74) is 0. The largest absolute Gasteiger partial charge is 0.462 e. The molecule has 0 saturated carbocycles. The second-order valence-electron chi connectivity index (χ2n) is 20.5. The summed E-state index contributed by atoms with van der Waals surface area (Å²) in [4.78, 5) is 38.1. The van der Waals surface area contributed by atoms with Gasteiger partial charge in [0.05, 0.1) is 0 Å². The van der Waals surface area contributed by atoms with Crippen LogP contribution in [0, 0.1) is 11.8 Å². The lowest BCUT2D eigenvalue weighted by Gasteiger charge is -2.18. The molecular weight excluding hydrogens is 781 g/mol. The van der Waals surface area contributed by atoms with Gasteiger partial charge in [-0.05, 0) is 31.1 Å². The van der Waals surface area contributed by atoms with Crippen LogP contribution in [-0.2, 0) is 28.6 Å². The third-order valence-corrected chi connectivity index (χ3v) is 13.0. The third kappa shape index (κ3) is 51.3. The lowest BCUT2D eigenvalue weighted by atomic mass is 10.0. The first kappa shape index (κ1) is 61.4. The molecule has 0 aromatic rings. The third-order valence-electron chi connectivity index (χ3n) is 13.0. The molecule has 374 valence electrons. The van der Waals surface area contributed by atoms with Crippen LogP contribution in [-0.4, -0.2) is 37.2 Å². The Kier molecular flexibility index (Phi) is 48.6. The van der Waals surface area contributed by atoms with Gasteiger partial charge in [-0.25, -0.2) is 0 Å². The lowest BCUT2D eigenvalue weighted by Crippen LogP contribution is -2.30. The van der Waals surface area contributed by atoms with Gasteiger partial charge in [0.15, 0.2) is 6.10 Å². The number of rotatable bonds is 51. The van der Waals surface area contributed by atoms with Crippen molar-refractivity contribution >= 4 is 17.9 Å². The van der Waals surface area contributed by atoms with E-state index in [4.69, 9.17) is 14.2 Å². The van der Waals surface area contributed by atoms with E-state index in [1.54, 1.807) is 0 Å². The standard InChI is InChI=1S/C57H110O6/c1-6-7-8-9-10-11-12-16-22-27-32-37-42-47-55(58)61-50-54(51-62-56(59)48-43-38-33-28-24-19-21-26-31-36-41-46-53(4)5)63-57(60)49-44-39-34-29-23-18-15-13-14-17-20-25-30-35-40-45-52(2)3/h52-54H,6-51H2,1-5H3/t54-/m1/s1. The zero-order valence-corrected chi connectivity index (χ0v) is 43.2. The molecule has 0 fully saturated rings. The van der Waals surface area contributed by atoms with E-state index in [0.717, 1.165) is 69.6 Å². The molecule has 0 bridgehead atoms. The summed E-state index contributed by atoms with van der Waals surface area (Å²) in [5.74, 6) is 0.834. The van der Waals surface area contributed by atoms with Gasteiger partial charge in [-0.1, -0.05) is 279 Å². The predicted molar refractivity (Wildman–Crippen MR) is 270 cm³/mol. The van der Waals surface area contributed by atoms with Crippen molar-refractivity contribution in [3.63, 3.8) is 0 Å². The number of ether oxygens (including phenoxy) is 3. The summed E-state index contributed by atoms with van der Waals surface area (Å²) in [5, 5.41) is 0. The van der Waals surface area contributed by atoms with Crippen LogP contribution in [0.1, 0.15) is 317 Å². The van der Waals surface area contributed by atoms with Crippen molar-refractivity contribution in [3.05, 3.63) is 0 Å². The molecule has 6 heteroatoms. The summed E-state index contributed by atoms with van der Waals surface area (Å²) in [6.45, 7) is 11.4. The molecule has 63 heavy (non-hydrogen) atoms. The average Bonchev–Trinajstić information content (AvgIpc) is 3.25. The smallest absolute Gasteiger partial charge is 0.306 e. The fourth-order valence-corrected chi connectivity index (χ4v) is 8.70. The maximum absolute atomic E-state index is 12.8. The highest BCUT2D eigenvalue weighted by Crippen LogP contribution is 2.18. The second kappa shape index (κ2) is 49.8.